The Balaban J connectivity index is 2.24. The zero-order valence-electron chi connectivity index (χ0n) is 9.28. The molecule has 0 saturated carbocycles. The van der Waals surface area contributed by atoms with E-state index in [1.54, 1.807) is 7.11 Å². The Bertz CT molecular complexity index is 379. The molecule has 3 nitrogen and oxygen atoms in total. The van der Waals surface area contributed by atoms with Crippen LogP contribution in [0.3, 0.4) is 0 Å². The van der Waals surface area contributed by atoms with Crippen molar-refractivity contribution in [3.05, 3.63) is 29.8 Å². The minimum Gasteiger partial charge on any atom is -0.497 e. The average molecular weight is 205 g/mol. The van der Waals surface area contributed by atoms with Crippen LogP contribution in [-0.4, -0.2) is 25.2 Å². The molecule has 0 spiro atoms. The molecule has 0 radical (unpaired) electrons. The molecule has 0 unspecified atom stereocenters. The minimum atomic E-state index is -0.102. The number of aliphatic imine (C=N–C) groups is 1. The van der Waals surface area contributed by atoms with Gasteiger partial charge in [-0.3, -0.25) is 0 Å². The largest absolute Gasteiger partial charge is 0.497 e. The van der Waals surface area contributed by atoms with Gasteiger partial charge in [0.05, 0.1) is 12.6 Å². The number of hydrogen-bond donors (Lipinski definition) is 0. The number of methoxy groups -OCH3 is 1. The maximum atomic E-state index is 5.54. The Kier molecular flexibility index (Phi) is 2.39. The van der Waals surface area contributed by atoms with Crippen molar-refractivity contribution < 1.29 is 9.47 Å². The molecule has 15 heavy (non-hydrogen) atoms. The Labute approximate surface area is 89.7 Å². The lowest BCUT2D eigenvalue weighted by atomic mass is 10.1. The van der Waals surface area contributed by atoms with Crippen molar-refractivity contribution in [2.45, 2.75) is 19.4 Å². The van der Waals surface area contributed by atoms with Crippen molar-refractivity contribution in [2.75, 3.05) is 13.7 Å². The van der Waals surface area contributed by atoms with Crippen molar-refractivity contribution in [3.8, 4) is 5.75 Å². The van der Waals surface area contributed by atoms with Gasteiger partial charge in [0, 0.05) is 5.56 Å². The van der Waals surface area contributed by atoms with Gasteiger partial charge in [-0.1, -0.05) is 0 Å². The lowest BCUT2D eigenvalue weighted by Crippen LogP contribution is -2.17. The molecular weight excluding hydrogens is 190 g/mol. The van der Waals surface area contributed by atoms with E-state index in [4.69, 9.17) is 9.47 Å². The quantitative estimate of drug-likeness (QED) is 0.741. The predicted molar refractivity (Wildman–Crippen MR) is 59.6 cm³/mol. The number of ether oxygens (including phenoxy) is 2. The first-order valence-electron chi connectivity index (χ1n) is 4.98. The number of nitrogens with zero attached hydrogens (tertiary/aromatic N) is 1. The highest BCUT2D eigenvalue weighted by molar-refractivity contribution is 5.95. The summed E-state index contributed by atoms with van der Waals surface area (Å²) in [5.41, 5.74) is 0.899. The van der Waals surface area contributed by atoms with Crippen LogP contribution in [0.25, 0.3) is 0 Å². The molecule has 0 aliphatic carbocycles. The first-order valence-corrected chi connectivity index (χ1v) is 4.98. The average Bonchev–Trinajstić information content (AvgIpc) is 2.59. The number of hydrogen-bond acceptors (Lipinski definition) is 3. The van der Waals surface area contributed by atoms with Crippen molar-refractivity contribution >= 4 is 5.90 Å². The molecule has 0 bridgehead atoms. The van der Waals surface area contributed by atoms with Crippen molar-refractivity contribution in [1.82, 2.24) is 0 Å². The molecule has 1 aromatic carbocycles. The Morgan fingerprint density at radius 2 is 1.93 bits per heavy atom. The van der Waals surface area contributed by atoms with Gasteiger partial charge in [0.15, 0.2) is 0 Å². The van der Waals surface area contributed by atoms with Crippen LogP contribution < -0.4 is 4.74 Å². The highest BCUT2D eigenvalue weighted by atomic mass is 16.5. The van der Waals surface area contributed by atoms with Crippen LogP contribution >= 0.6 is 0 Å². The van der Waals surface area contributed by atoms with E-state index >= 15 is 0 Å². The maximum Gasteiger partial charge on any atom is 0.216 e. The van der Waals surface area contributed by atoms with Crippen LogP contribution in [0, 0.1) is 0 Å². The molecule has 0 saturated heterocycles. The third-order valence-corrected chi connectivity index (χ3v) is 2.30. The zero-order chi connectivity index (χ0) is 10.9. The second kappa shape index (κ2) is 3.57. The third kappa shape index (κ3) is 2.12. The highest BCUT2D eigenvalue weighted by Crippen LogP contribution is 2.21. The molecule has 0 atom stereocenters. The SMILES string of the molecule is COc1ccc(C2=NC(C)(C)CO2)cc1. The van der Waals surface area contributed by atoms with Crippen molar-refractivity contribution in [2.24, 2.45) is 4.99 Å². The van der Waals surface area contributed by atoms with Gasteiger partial charge in [-0.2, -0.15) is 0 Å². The zero-order valence-corrected chi connectivity index (χ0v) is 9.28. The normalized spacial score (nSPS) is 18.2. The smallest absolute Gasteiger partial charge is 0.216 e. The Morgan fingerprint density at radius 3 is 2.40 bits per heavy atom. The Morgan fingerprint density at radius 1 is 1.27 bits per heavy atom. The van der Waals surface area contributed by atoms with E-state index < -0.39 is 0 Å². The van der Waals surface area contributed by atoms with Crippen LogP contribution in [0.4, 0.5) is 0 Å². The first-order chi connectivity index (χ1) is 7.11. The van der Waals surface area contributed by atoms with Crippen LogP contribution in [0.5, 0.6) is 5.75 Å². The lowest BCUT2D eigenvalue weighted by molar-refractivity contribution is 0.279. The van der Waals surface area contributed by atoms with Gasteiger partial charge in [-0.05, 0) is 38.1 Å². The second-order valence-electron chi connectivity index (χ2n) is 4.25. The summed E-state index contributed by atoms with van der Waals surface area (Å²) in [6.07, 6.45) is 0. The van der Waals surface area contributed by atoms with E-state index in [0.29, 0.717) is 6.61 Å². The van der Waals surface area contributed by atoms with Crippen LogP contribution in [0.2, 0.25) is 0 Å². The van der Waals surface area contributed by atoms with E-state index in [2.05, 4.69) is 18.8 Å². The van der Waals surface area contributed by atoms with Crippen LogP contribution in [0.15, 0.2) is 29.3 Å². The predicted octanol–water partition coefficient (Wildman–Crippen LogP) is 2.25. The van der Waals surface area contributed by atoms with Crippen molar-refractivity contribution in [1.29, 1.82) is 0 Å². The van der Waals surface area contributed by atoms with Crippen LogP contribution in [0.1, 0.15) is 19.4 Å². The molecule has 3 heteroatoms. The molecule has 1 aromatic rings. The molecule has 0 N–H and O–H groups in total. The maximum absolute atomic E-state index is 5.54. The molecule has 0 amide bonds. The number of rotatable bonds is 2. The summed E-state index contributed by atoms with van der Waals surface area (Å²) >= 11 is 0. The summed E-state index contributed by atoms with van der Waals surface area (Å²) in [6.45, 7) is 4.77. The first kappa shape index (κ1) is 10.0. The molecule has 1 aliphatic heterocycles. The fourth-order valence-electron chi connectivity index (χ4n) is 1.47. The van der Waals surface area contributed by atoms with E-state index in [1.165, 1.54) is 0 Å². The van der Waals surface area contributed by atoms with Gasteiger partial charge in [0.25, 0.3) is 0 Å². The molecule has 1 aliphatic rings. The minimum absolute atomic E-state index is 0.102. The van der Waals surface area contributed by atoms with Crippen LogP contribution in [-0.2, 0) is 4.74 Å². The summed E-state index contributed by atoms with van der Waals surface area (Å²) < 4.78 is 10.6. The fourth-order valence-corrected chi connectivity index (χ4v) is 1.47. The van der Waals surface area contributed by atoms with Gasteiger partial charge in [-0.25, -0.2) is 4.99 Å². The molecule has 1 heterocycles. The summed E-state index contributed by atoms with van der Waals surface area (Å²) in [5, 5.41) is 0. The summed E-state index contributed by atoms with van der Waals surface area (Å²) in [4.78, 5) is 4.50. The standard InChI is InChI=1S/C12H15NO2/c1-12(2)8-15-11(13-12)9-4-6-10(14-3)7-5-9/h4-7H,8H2,1-3H3. The molecule has 2 rings (SSSR count). The molecule has 80 valence electrons. The van der Waals surface area contributed by atoms with Gasteiger partial charge >= 0.3 is 0 Å². The third-order valence-electron chi connectivity index (χ3n) is 2.30. The summed E-state index contributed by atoms with van der Waals surface area (Å²) in [7, 11) is 1.65. The molecular formula is C12H15NO2. The van der Waals surface area contributed by atoms with E-state index in [0.717, 1.165) is 17.2 Å². The monoisotopic (exact) mass is 205 g/mol. The second-order valence-corrected chi connectivity index (χ2v) is 4.25. The summed E-state index contributed by atoms with van der Waals surface area (Å²) in [6, 6.07) is 7.73. The Hall–Kier alpha value is -1.51. The van der Waals surface area contributed by atoms with E-state index in [1.807, 2.05) is 24.3 Å². The highest BCUT2D eigenvalue weighted by Gasteiger charge is 2.26. The van der Waals surface area contributed by atoms with Crippen molar-refractivity contribution in [3.63, 3.8) is 0 Å². The van der Waals surface area contributed by atoms with Gasteiger partial charge in [0.2, 0.25) is 5.90 Å². The van der Waals surface area contributed by atoms with Gasteiger partial charge < -0.3 is 9.47 Å². The number of benzene rings is 1. The fraction of sp³-hybridized carbons (Fsp3) is 0.417. The summed E-state index contributed by atoms with van der Waals surface area (Å²) in [5.74, 6) is 1.57. The molecule has 0 fully saturated rings. The molecule has 0 aromatic heterocycles. The topological polar surface area (TPSA) is 30.8 Å². The lowest BCUT2D eigenvalue weighted by Gasteiger charge is -2.07. The van der Waals surface area contributed by atoms with E-state index in [9.17, 15) is 0 Å². The van der Waals surface area contributed by atoms with Gasteiger partial charge in [-0.15, -0.1) is 0 Å². The van der Waals surface area contributed by atoms with E-state index in [-0.39, 0.29) is 5.54 Å². The van der Waals surface area contributed by atoms with Gasteiger partial charge in [0.1, 0.15) is 12.4 Å².